The summed E-state index contributed by atoms with van der Waals surface area (Å²) in [5.41, 5.74) is 1.22. The first-order chi connectivity index (χ1) is 10.2. The van der Waals surface area contributed by atoms with Gasteiger partial charge in [0.15, 0.2) is 0 Å². The second-order valence-electron chi connectivity index (χ2n) is 4.50. The van der Waals surface area contributed by atoms with Crippen LogP contribution in [0.4, 0.5) is 5.69 Å². The Morgan fingerprint density at radius 3 is 2.76 bits per heavy atom. The van der Waals surface area contributed by atoms with Gasteiger partial charge in [-0.25, -0.2) is 4.79 Å². The molecule has 116 valence electrons. The van der Waals surface area contributed by atoms with E-state index in [-0.39, 0.29) is 11.9 Å². The number of unbranched alkanes of at least 4 members (excludes halogenated alkanes) is 2. The zero-order valence-electron chi connectivity index (χ0n) is 12.6. The van der Waals surface area contributed by atoms with E-state index in [9.17, 15) is 9.59 Å². The number of aromatic nitrogens is 1. The fraction of sp³-hybridized carbons (Fsp3) is 0.533. The van der Waals surface area contributed by atoms with Crippen LogP contribution in [-0.4, -0.2) is 37.2 Å². The maximum Gasteiger partial charge on any atom is 0.339 e. The number of carbonyl (C=O) groups excluding carboxylic acids is 2. The monoisotopic (exact) mass is 294 g/mol. The zero-order valence-corrected chi connectivity index (χ0v) is 12.6. The van der Waals surface area contributed by atoms with Crippen molar-refractivity contribution in [3.05, 3.63) is 24.0 Å². The fourth-order valence-corrected chi connectivity index (χ4v) is 1.77. The molecule has 0 unspecified atom stereocenters. The van der Waals surface area contributed by atoms with E-state index in [4.69, 9.17) is 4.74 Å². The SMILES string of the molecule is CCOC(=O)c1cncc(NCCCCCC(=O)OC)c1. The number of rotatable bonds is 9. The summed E-state index contributed by atoms with van der Waals surface area (Å²) in [6, 6.07) is 1.72. The highest BCUT2D eigenvalue weighted by Crippen LogP contribution is 2.10. The van der Waals surface area contributed by atoms with Crippen LogP contribution in [0.3, 0.4) is 0 Å². The summed E-state index contributed by atoms with van der Waals surface area (Å²) in [6.07, 6.45) is 6.29. The largest absolute Gasteiger partial charge is 0.469 e. The number of ether oxygens (including phenoxy) is 2. The van der Waals surface area contributed by atoms with E-state index in [1.165, 1.54) is 13.3 Å². The van der Waals surface area contributed by atoms with Crippen molar-refractivity contribution in [1.29, 1.82) is 0 Å². The molecule has 0 aliphatic heterocycles. The van der Waals surface area contributed by atoms with Gasteiger partial charge in [-0.05, 0) is 25.8 Å². The summed E-state index contributed by atoms with van der Waals surface area (Å²) < 4.78 is 9.50. The molecule has 0 aliphatic carbocycles. The Balaban J connectivity index is 2.27. The molecule has 0 bridgehead atoms. The molecule has 0 radical (unpaired) electrons. The van der Waals surface area contributed by atoms with Gasteiger partial charge in [0.05, 0.1) is 25.0 Å². The topological polar surface area (TPSA) is 77.5 Å². The lowest BCUT2D eigenvalue weighted by Crippen LogP contribution is -2.07. The zero-order chi connectivity index (χ0) is 15.5. The number of hydrogen-bond donors (Lipinski definition) is 1. The Morgan fingerprint density at radius 2 is 2.05 bits per heavy atom. The standard InChI is InChI=1S/C15H22N2O4/c1-3-21-15(19)12-9-13(11-16-10-12)17-8-6-4-5-7-14(18)20-2/h9-11,17H,3-8H2,1-2H3. The van der Waals surface area contributed by atoms with Crippen molar-refractivity contribution in [3.8, 4) is 0 Å². The third-order valence-corrected chi connectivity index (χ3v) is 2.86. The normalized spacial score (nSPS) is 10.0. The number of hydrogen-bond acceptors (Lipinski definition) is 6. The number of methoxy groups -OCH3 is 1. The molecule has 0 spiro atoms. The van der Waals surface area contributed by atoms with Crippen molar-refractivity contribution in [2.24, 2.45) is 0 Å². The summed E-state index contributed by atoms with van der Waals surface area (Å²) >= 11 is 0. The molecule has 0 fully saturated rings. The van der Waals surface area contributed by atoms with Gasteiger partial charge >= 0.3 is 11.9 Å². The van der Waals surface area contributed by atoms with Gasteiger partial charge in [0.2, 0.25) is 0 Å². The van der Waals surface area contributed by atoms with Crippen LogP contribution in [0.1, 0.15) is 43.0 Å². The molecule has 1 N–H and O–H groups in total. The number of anilines is 1. The van der Waals surface area contributed by atoms with Gasteiger partial charge in [0.1, 0.15) is 0 Å². The minimum Gasteiger partial charge on any atom is -0.469 e. The van der Waals surface area contributed by atoms with E-state index < -0.39 is 0 Å². The van der Waals surface area contributed by atoms with E-state index >= 15 is 0 Å². The molecular weight excluding hydrogens is 272 g/mol. The van der Waals surface area contributed by atoms with Gasteiger partial charge in [0, 0.05) is 25.4 Å². The first-order valence-electron chi connectivity index (χ1n) is 7.10. The number of carbonyl (C=O) groups is 2. The Kier molecular flexibility index (Phi) is 7.86. The average molecular weight is 294 g/mol. The van der Waals surface area contributed by atoms with Gasteiger partial charge in [-0.2, -0.15) is 0 Å². The van der Waals surface area contributed by atoms with E-state index in [0.29, 0.717) is 18.6 Å². The Labute approximate surface area is 124 Å². The average Bonchev–Trinajstić information content (AvgIpc) is 2.51. The third kappa shape index (κ3) is 6.74. The van der Waals surface area contributed by atoms with Gasteiger partial charge in [-0.15, -0.1) is 0 Å². The molecule has 0 saturated heterocycles. The minimum absolute atomic E-state index is 0.172. The first kappa shape index (κ1) is 16.9. The van der Waals surface area contributed by atoms with Gasteiger partial charge < -0.3 is 14.8 Å². The van der Waals surface area contributed by atoms with Crippen molar-refractivity contribution in [2.45, 2.75) is 32.6 Å². The first-order valence-corrected chi connectivity index (χ1v) is 7.10. The van der Waals surface area contributed by atoms with Crippen LogP contribution in [0.25, 0.3) is 0 Å². The molecular formula is C15H22N2O4. The fourth-order valence-electron chi connectivity index (χ4n) is 1.77. The molecule has 1 rings (SSSR count). The minimum atomic E-state index is -0.369. The lowest BCUT2D eigenvalue weighted by molar-refractivity contribution is -0.140. The highest BCUT2D eigenvalue weighted by atomic mass is 16.5. The Morgan fingerprint density at radius 1 is 1.24 bits per heavy atom. The molecule has 1 aromatic heterocycles. The molecule has 0 aromatic carbocycles. The smallest absolute Gasteiger partial charge is 0.339 e. The van der Waals surface area contributed by atoms with Crippen LogP contribution in [0.15, 0.2) is 18.5 Å². The molecule has 0 aliphatic rings. The second kappa shape index (κ2) is 9.74. The molecule has 0 saturated carbocycles. The van der Waals surface area contributed by atoms with E-state index in [1.807, 2.05) is 0 Å². The van der Waals surface area contributed by atoms with Gasteiger partial charge in [0.25, 0.3) is 0 Å². The lowest BCUT2D eigenvalue weighted by atomic mass is 10.2. The van der Waals surface area contributed by atoms with Crippen molar-refractivity contribution < 1.29 is 19.1 Å². The summed E-state index contributed by atoms with van der Waals surface area (Å²) in [6.45, 7) is 2.87. The Bertz CT molecular complexity index is 463. The van der Waals surface area contributed by atoms with E-state index in [1.54, 1.807) is 19.2 Å². The summed E-state index contributed by atoms with van der Waals surface area (Å²) in [5.74, 6) is -0.541. The molecule has 6 heteroatoms. The molecule has 0 atom stereocenters. The third-order valence-electron chi connectivity index (χ3n) is 2.86. The van der Waals surface area contributed by atoms with Crippen LogP contribution in [0.2, 0.25) is 0 Å². The molecule has 1 heterocycles. The highest BCUT2D eigenvalue weighted by Gasteiger charge is 2.07. The molecule has 6 nitrogen and oxygen atoms in total. The predicted molar refractivity (Wildman–Crippen MR) is 79.2 cm³/mol. The van der Waals surface area contributed by atoms with Crippen LogP contribution in [0, 0.1) is 0 Å². The Hall–Kier alpha value is -2.11. The quantitative estimate of drug-likeness (QED) is 0.556. The maximum absolute atomic E-state index is 11.6. The number of pyridine rings is 1. The second-order valence-corrected chi connectivity index (χ2v) is 4.50. The predicted octanol–water partition coefficient (Wildman–Crippen LogP) is 2.40. The lowest BCUT2D eigenvalue weighted by Gasteiger charge is -2.07. The molecule has 0 amide bonds. The highest BCUT2D eigenvalue weighted by molar-refractivity contribution is 5.90. The van der Waals surface area contributed by atoms with Crippen molar-refractivity contribution in [2.75, 3.05) is 25.6 Å². The van der Waals surface area contributed by atoms with E-state index in [0.717, 1.165) is 31.5 Å². The van der Waals surface area contributed by atoms with Gasteiger partial charge in [-0.1, -0.05) is 6.42 Å². The van der Waals surface area contributed by atoms with Crippen LogP contribution < -0.4 is 5.32 Å². The van der Waals surface area contributed by atoms with Gasteiger partial charge in [-0.3, -0.25) is 9.78 Å². The number of nitrogens with one attached hydrogen (secondary N) is 1. The van der Waals surface area contributed by atoms with Crippen molar-refractivity contribution in [3.63, 3.8) is 0 Å². The summed E-state index contributed by atoms with van der Waals surface area (Å²) in [7, 11) is 1.40. The van der Waals surface area contributed by atoms with E-state index in [2.05, 4.69) is 15.0 Å². The van der Waals surface area contributed by atoms with Crippen LogP contribution in [-0.2, 0) is 14.3 Å². The summed E-state index contributed by atoms with van der Waals surface area (Å²) in [5, 5.41) is 3.20. The van der Waals surface area contributed by atoms with Crippen LogP contribution in [0.5, 0.6) is 0 Å². The summed E-state index contributed by atoms with van der Waals surface area (Å²) in [4.78, 5) is 26.5. The van der Waals surface area contributed by atoms with Crippen molar-refractivity contribution >= 4 is 17.6 Å². The number of nitrogens with zero attached hydrogens (tertiary/aromatic N) is 1. The number of esters is 2. The van der Waals surface area contributed by atoms with Crippen LogP contribution >= 0.6 is 0 Å². The molecule has 1 aromatic rings. The van der Waals surface area contributed by atoms with Crippen molar-refractivity contribution in [1.82, 2.24) is 4.98 Å². The molecule has 21 heavy (non-hydrogen) atoms. The maximum atomic E-state index is 11.6.